The topological polar surface area (TPSA) is 143 Å². The highest BCUT2D eigenvalue weighted by Gasteiger charge is 2.35. The molecule has 4 aromatic carbocycles. The van der Waals surface area contributed by atoms with Crippen LogP contribution in [0.15, 0.2) is 122 Å². The first kappa shape index (κ1) is 70.9. The van der Waals surface area contributed by atoms with Gasteiger partial charge in [-0.05, 0) is 128 Å². The summed E-state index contributed by atoms with van der Waals surface area (Å²) >= 11 is 0. The van der Waals surface area contributed by atoms with Crippen LogP contribution in [0, 0.1) is 37.5 Å². The second-order valence-corrected chi connectivity index (χ2v) is 19.6. The van der Waals surface area contributed by atoms with E-state index in [9.17, 15) is 35.9 Å². The van der Waals surface area contributed by atoms with Gasteiger partial charge in [0.05, 0.1) is 36.2 Å². The maximum atomic E-state index is 14.0. The number of esters is 1. The molecule has 0 aliphatic carbocycles. The number of hydrogen-bond acceptors (Lipinski definition) is 12. The van der Waals surface area contributed by atoms with E-state index in [0.717, 1.165) is 86.8 Å². The summed E-state index contributed by atoms with van der Waals surface area (Å²) in [4.78, 5) is 41.6. The van der Waals surface area contributed by atoms with E-state index >= 15 is 0 Å². The number of nitrogens with two attached hydrogens (primary N) is 1. The minimum atomic E-state index is -4.50. The Kier molecular flexibility index (Phi) is 26.2. The van der Waals surface area contributed by atoms with Crippen LogP contribution in [0.2, 0.25) is 0 Å². The Morgan fingerprint density at radius 2 is 1.00 bits per heavy atom. The molecule has 85 heavy (non-hydrogen) atoms. The van der Waals surface area contributed by atoms with Crippen LogP contribution in [-0.2, 0) is 36.6 Å². The molecule has 10 rings (SSSR count). The largest absolute Gasteiger partial charge is 0.465 e. The zero-order chi connectivity index (χ0) is 57.1. The van der Waals surface area contributed by atoms with Crippen LogP contribution in [-0.4, -0.2) is 134 Å². The van der Waals surface area contributed by atoms with Gasteiger partial charge in [-0.15, -0.1) is 0 Å². The van der Waals surface area contributed by atoms with Gasteiger partial charge in [-0.25, -0.2) is 23.8 Å². The van der Waals surface area contributed by atoms with Crippen LogP contribution >= 0.6 is 0 Å². The molecular formula is C65H79F6N11O3. The van der Waals surface area contributed by atoms with Gasteiger partial charge in [0.15, 0.2) is 17.1 Å². The van der Waals surface area contributed by atoms with E-state index < -0.39 is 23.5 Å². The van der Waals surface area contributed by atoms with Crippen molar-refractivity contribution in [1.29, 1.82) is 0 Å². The van der Waals surface area contributed by atoms with E-state index in [2.05, 4.69) is 53.6 Å². The number of Topliss-reactive ketones (excluding diaryl/α,β-unsaturated/α-hetero) is 1. The number of ketones is 1. The second kappa shape index (κ2) is 31.5. The lowest BCUT2D eigenvalue weighted by Gasteiger charge is -2.33. The number of carbonyl (C=O) groups excluding carboxylic acids is 2. The number of nitrogen functional groups attached to an aromatic ring is 1. The van der Waals surface area contributed by atoms with Crippen molar-refractivity contribution in [1.82, 2.24) is 48.8 Å². The third-order valence-electron chi connectivity index (χ3n) is 13.7. The molecule has 0 spiro atoms. The molecular weight excluding hydrogens is 1100 g/mol. The predicted octanol–water partition coefficient (Wildman–Crippen LogP) is 12.1. The molecule has 4 aromatic heterocycles. The standard InChI is InChI=1S/C30H28F3N5O.C17H13N3O2.C13H18F3N3.5CH4/c1-21-5-7-24(18-23(21)9-10-26-19-34-29-4-3-11-35-38(26)29)28(39)17-22-6-8-25(27(16-22)30(31,32)33)20-37-14-12-36(2)13-15-37;1-12-5-6-14(17(21)22-2)10-13(12)7-8-15-11-18-16-4-3-9-19-20(15)16;1-18-4-6-19(7-5-18)9-10-2-3-11(17)8-12(10)13(14,15)16;;;;;/h3-8,11,16,18-19H,12-15,17,20H2,1-2H3;3-6,9-11H,1-2H3;2-3,8H,4-7,9,17H2,1H3;5*1H4. The molecule has 14 nitrogen and oxygen atoms in total. The Bertz CT molecular complexity index is 3630. The maximum absolute atomic E-state index is 14.0. The number of nitrogens with zero attached hydrogens (tertiary/aromatic N) is 10. The van der Waals surface area contributed by atoms with Gasteiger partial charge in [-0.3, -0.25) is 14.6 Å². The van der Waals surface area contributed by atoms with Gasteiger partial charge < -0.3 is 20.3 Å². The van der Waals surface area contributed by atoms with Crippen LogP contribution < -0.4 is 5.73 Å². The molecule has 0 amide bonds. The smallest absolute Gasteiger partial charge is 0.416 e. The average molecular weight is 1180 g/mol. The Morgan fingerprint density at radius 1 is 0.565 bits per heavy atom. The van der Waals surface area contributed by atoms with E-state index in [1.165, 1.54) is 25.3 Å². The molecule has 2 aliphatic heterocycles. The molecule has 6 heterocycles. The molecule has 0 unspecified atom stereocenters. The normalized spacial score (nSPS) is 13.6. The third-order valence-corrected chi connectivity index (χ3v) is 13.7. The fourth-order valence-corrected chi connectivity index (χ4v) is 8.94. The summed E-state index contributed by atoms with van der Waals surface area (Å²) in [5.74, 6) is 11.6. The summed E-state index contributed by atoms with van der Waals surface area (Å²) in [5.41, 5.74) is 12.1. The molecule has 454 valence electrons. The first-order valence-corrected chi connectivity index (χ1v) is 25.6. The fraction of sp³-hybridized carbons (Fsp3) is 0.354. The number of fused-ring (bicyclic) bond motifs is 2. The zero-order valence-electron chi connectivity index (χ0n) is 44.9. The molecule has 20 heteroatoms. The Morgan fingerprint density at radius 3 is 1.46 bits per heavy atom. The van der Waals surface area contributed by atoms with Gasteiger partial charge in [-0.1, -0.05) is 85.4 Å². The number of aromatic nitrogens is 6. The van der Waals surface area contributed by atoms with Gasteiger partial charge in [0.25, 0.3) is 0 Å². The van der Waals surface area contributed by atoms with Crippen LogP contribution in [0.25, 0.3) is 11.3 Å². The average Bonchev–Trinajstić information content (AvgIpc) is 4.21. The Labute approximate surface area is 496 Å². The molecule has 0 radical (unpaired) electrons. The predicted molar refractivity (Wildman–Crippen MR) is 326 cm³/mol. The molecule has 0 bridgehead atoms. The number of piperazine rings is 2. The number of alkyl halides is 6. The third kappa shape index (κ3) is 18.8. The van der Waals surface area contributed by atoms with E-state index in [-0.39, 0.29) is 73.1 Å². The highest BCUT2D eigenvalue weighted by molar-refractivity contribution is 5.98. The molecule has 2 saturated heterocycles. The lowest BCUT2D eigenvalue weighted by atomic mass is 9.96. The lowest BCUT2D eigenvalue weighted by molar-refractivity contribution is -0.139. The summed E-state index contributed by atoms with van der Waals surface area (Å²) in [7, 11) is 5.38. The van der Waals surface area contributed by atoms with Gasteiger partial charge in [0.1, 0.15) is 11.4 Å². The van der Waals surface area contributed by atoms with E-state index in [1.54, 1.807) is 76.3 Å². The minimum Gasteiger partial charge on any atom is -0.465 e. The Hall–Kier alpha value is -8.40. The van der Waals surface area contributed by atoms with E-state index in [4.69, 9.17) is 10.5 Å². The number of anilines is 1. The molecule has 2 fully saturated rings. The first-order valence-electron chi connectivity index (χ1n) is 25.6. The van der Waals surface area contributed by atoms with Crippen LogP contribution in [0.5, 0.6) is 0 Å². The van der Waals surface area contributed by atoms with Crippen LogP contribution in [0.4, 0.5) is 32.0 Å². The maximum Gasteiger partial charge on any atom is 0.416 e. The number of methoxy groups -OCH3 is 1. The Balaban J connectivity index is 0.000000352. The number of aryl methyl sites for hydroxylation is 2. The molecule has 0 saturated carbocycles. The summed E-state index contributed by atoms with van der Waals surface area (Å²) < 4.78 is 88.8. The van der Waals surface area contributed by atoms with Crippen molar-refractivity contribution >= 4 is 28.7 Å². The molecule has 2 N–H and O–H groups in total. The SMILES string of the molecule is C.C.C.C.C.CN1CCN(Cc2ccc(N)cc2C(F)(F)F)CC1.COC(=O)c1ccc(C)c(C#Cc2cnc3cccnn23)c1.Cc1ccc(C(=O)Cc2ccc(CN3CCN(C)CC3)c(C(F)(F)F)c2)cc1C#Cc1cnc2cccnn12. The monoisotopic (exact) mass is 1180 g/mol. The number of hydrogen-bond donors (Lipinski definition) is 1. The number of imidazole rings is 2. The number of carbonyl (C=O) groups is 2. The van der Waals surface area contributed by atoms with Crippen molar-refractivity contribution < 1.29 is 40.7 Å². The van der Waals surface area contributed by atoms with Crippen molar-refractivity contribution in [3.05, 3.63) is 194 Å². The van der Waals surface area contributed by atoms with E-state index in [0.29, 0.717) is 51.4 Å². The zero-order valence-corrected chi connectivity index (χ0v) is 44.9. The summed E-state index contributed by atoms with van der Waals surface area (Å²) in [5, 5.41) is 8.46. The second-order valence-electron chi connectivity index (χ2n) is 19.6. The fourth-order valence-electron chi connectivity index (χ4n) is 8.94. The molecule has 8 aromatic rings. The number of halogens is 6. The van der Waals surface area contributed by atoms with Gasteiger partial charge in [-0.2, -0.15) is 36.5 Å². The van der Waals surface area contributed by atoms with Crippen LogP contribution in [0.3, 0.4) is 0 Å². The van der Waals surface area contributed by atoms with Crippen molar-refractivity contribution in [2.45, 2.75) is 82.8 Å². The quantitative estimate of drug-likeness (QED) is 0.0509. The summed E-state index contributed by atoms with van der Waals surface area (Å²) in [6, 6.07) is 26.1. The number of ether oxygens (including phenoxy) is 1. The van der Waals surface area contributed by atoms with Crippen molar-refractivity contribution in [2.75, 3.05) is 79.3 Å². The first-order chi connectivity index (χ1) is 38.2. The van der Waals surface area contributed by atoms with E-state index in [1.807, 2.05) is 62.0 Å². The summed E-state index contributed by atoms with van der Waals surface area (Å²) in [6.45, 7) is 10.8. The van der Waals surface area contributed by atoms with Gasteiger partial charge in [0.2, 0.25) is 0 Å². The minimum absolute atomic E-state index is 0. The summed E-state index contributed by atoms with van der Waals surface area (Å²) in [6.07, 6.45) is -2.35. The number of benzene rings is 4. The van der Waals surface area contributed by atoms with Gasteiger partial charge >= 0.3 is 18.3 Å². The number of likely N-dealkylation sites (N-methyl/N-ethyl adjacent to an activating group) is 2. The van der Waals surface area contributed by atoms with Crippen LogP contribution in [0.1, 0.15) is 119 Å². The van der Waals surface area contributed by atoms with Gasteiger partial charge in [0, 0.05) is 107 Å². The lowest BCUT2D eigenvalue weighted by Crippen LogP contribution is -2.44. The number of rotatable bonds is 8. The highest BCUT2D eigenvalue weighted by Crippen LogP contribution is 2.35. The molecule has 0 atom stereocenters. The van der Waals surface area contributed by atoms with Crippen molar-refractivity contribution in [3.8, 4) is 23.7 Å². The molecule has 2 aliphatic rings. The highest BCUT2D eigenvalue weighted by atomic mass is 19.4. The van der Waals surface area contributed by atoms with Crippen molar-refractivity contribution in [2.24, 2.45) is 0 Å². The van der Waals surface area contributed by atoms with Crippen molar-refractivity contribution in [3.63, 3.8) is 0 Å².